The van der Waals surface area contributed by atoms with Gasteiger partial charge in [0, 0.05) is 17.3 Å². The number of nitrogens with zero attached hydrogens (tertiary/aromatic N) is 2. The van der Waals surface area contributed by atoms with Gasteiger partial charge in [0.05, 0.1) is 23.0 Å². The molecule has 128 valence electrons. The Bertz CT molecular complexity index is 1050. The Morgan fingerprint density at radius 3 is 2.58 bits per heavy atom. The lowest BCUT2D eigenvalue weighted by Gasteiger charge is -2.04. The van der Waals surface area contributed by atoms with Gasteiger partial charge in [-0.25, -0.2) is 4.98 Å². The van der Waals surface area contributed by atoms with E-state index in [-0.39, 0.29) is 5.75 Å². The van der Waals surface area contributed by atoms with E-state index in [0.717, 1.165) is 21.8 Å². The molecule has 26 heavy (non-hydrogen) atoms. The number of hydrogen-bond acceptors (Lipinski definition) is 5. The SMILES string of the molecule is COc1cccc(C=Nc2ccc(-c3nc4ccccc4s3)cc2)c1O. The van der Waals surface area contributed by atoms with Crippen molar-refractivity contribution in [2.45, 2.75) is 0 Å². The van der Waals surface area contributed by atoms with Gasteiger partial charge in [0.25, 0.3) is 0 Å². The van der Waals surface area contributed by atoms with Crippen LogP contribution in [0.4, 0.5) is 5.69 Å². The molecule has 4 rings (SSSR count). The molecule has 0 aliphatic rings. The van der Waals surface area contributed by atoms with E-state index in [1.54, 1.807) is 29.7 Å². The van der Waals surface area contributed by atoms with Crippen molar-refractivity contribution in [1.29, 1.82) is 0 Å². The average Bonchev–Trinajstić information content (AvgIpc) is 3.12. The smallest absolute Gasteiger partial charge is 0.166 e. The van der Waals surface area contributed by atoms with E-state index in [4.69, 9.17) is 4.74 Å². The molecule has 0 aliphatic heterocycles. The van der Waals surface area contributed by atoms with Gasteiger partial charge in [0.15, 0.2) is 11.5 Å². The van der Waals surface area contributed by atoms with Crippen LogP contribution in [0.1, 0.15) is 5.56 Å². The molecule has 0 atom stereocenters. The Kier molecular flexibility index (Phi) is 4.37. The third-order valence-electron chi connectivity index (χ3n) is 4.01. The summed E-state index contributed by atoms with van der Waals surface area (Å²) in [5.74, 6) is 0.518. The van der Waals surface area contributed by atoms with Crippen molar-refractivity contribution in [2.75, 3.05) is 7.11 Å². The summed E-state index contributed by atoms with van der Waals surface area (Å²) < 4.78 is 6.29. The summed E-state index contributed by atoms with van der Waals surface area (Å²) in [6.45, 7) is 0. The molecule has 0 bridgehead atoms. The number of phenolic OH excluding ortho intramolecular Hbond substituents is 1. The quantitative estimate of drug-likeness (QED) is 0.494. The van der Waals surface area contributed by atoms with Crippen molar-refractivity contribution >= 4 is 33.5 Å². The van der Waals surface area contributed by atoms with Gasteiger partial charge < -0.3 is 9.84 Å². The van der Waals surface area contributed by atoms with E-state index in [0.29, 0.717) is 11.3 Å². The molecule has 1 N–H and O–H groups in total. The molecule has 0 fully saturated rings. The number of ether oxygens (including phenoxy) is 1. The Morgan fingerprint density at radius 1 is 1.00 bits per heavy atom. The topological polar surface area (TPSA) is 54.7 Å². The summed E-state index contributed by atoms with van der Waals surface area (Å²) in [6.07, 6.45) is 1.63. The van der Waals surface area contributed by atoms with Gasteiger partial charge in [0.1, 0.15) is 5.01 Å². The third kappa shape index (κ3) is 3.17. The first kappa shape index (κ1) is 16.3. The minimum Gasteiger partial charge on any atom is -0.504 e. The molecule has 0 spiro atoms. The van der Waals surface area contributed by atoms with E-state index in [2.05, 4.69) is 16.0 Å². The lowest BCUT2D eigenvalue weighted by molar-refractivity contribution is 0.373. The van der Waals surface area contributed by atoms with E-state index in [9.17, 15) is 5.11 Å². The van der Waals surface area contributed by atoms with Crippen LogP contribution in [0.5, 0.6) is 11.5 Å². The molecule has 0 radical (unpaired) electrons. The van der Waals surface area contributed by atoms with Crippen LogP contribution in [0.15, 0.2) is 71.7 Å². The van der Waals surface area contributed by atoms with Crippen molar-refractivity contribution in [1.82, 2.24) is 4.98 Å². The minimum absolute atomic E-state index is 0.0878. The highest BCUT2D eigenvalue weighted by Gasteiger charge is 2.06. The lowest BCUT2D eigenvalue weighted by Crippen LogP contribution is -1.88. The Labute approximate surface area is 155 Å². The van der Waals surface area contributed by atoms with Gasteiger partial charge in [-0.1, -0.05) is 18.2 Å². The Balaban J connectivity index is 1.58. The number of benzene rings is 3. The summed E-state index contributed by atoms with van der Waals surface area (Å²) in [4.78, 5) is 9.10. The van der Waals surface area contributed by atoms with Gasteiger partial charge >= 0.3 is 0 Å². The number of aromatic nitrogens is 1. The van der Waals surface area contributed by atoms with E-state index in [1.165, 1.54) is 11.8 Å². The maximum absolute atomic E-state index is 10.1. The van der Waals surface area contributed by atoms with Gasteiger partial charge in [0.2, 0.25) is 0 Å². The molecule has 5 heteroatoms. The van der Waals surface area contributed by atoms with Crippen LogP contribution in [0.2, 0.25) is 0 Å². The van der Waals surface area contributed by atoms with E-state index in [1.807, 2.05) is 48.5 Å². The van der Waals surface area contributed by atoms with Crippen LogP contribution in [0, 0.1) is 0 Å². The third-order valence-corrected chi connectivity index (χ3v) is 5.10. The molecule has 0 saturated carbocycles. The van der Waals surface area contributed by atoms with Crippen molar-refractivity contribution < 1.29 is 9.84 Å². The largest absolute Gasteiger partial charge is 0.504 e. The van der Waals surface area contributed by atoms with Gasteiger partial charge in [-0.2, -0.15) is 0 Å². The first-order chi connectivity index (χ1) is 12.7. The van der Waals surface area contributed by atoms with Crippen LogP contribution in [0.25, 0.3) is 20.8 Å². The Morgan fingerprint density at radius 2 is 1.81 bits per heavy atom. The van der Waals surface area contributed by atoms with Crippen molar-refractivity contribution in [3.63, 3.8) is 0 Å². The fourth-order valence-corrected chi connectivity index (χ4v) is 3.61. The molecule has 0 saturated heterocycles. The zero-order valence-corrected chi connectivity index (χ0v) is 14.9. The highest BCUT2D eigenvalue weighted by molar-refractivity contribution is 7.21. The normalized spacial score (nSPS) is 11.3. The number of methoxy groups -OCH3 is 1. The van der Waals surface area contributed by atoms with Gasteiger partial charge in [-0.15, -0.1) is 11.3 Å². The molecular weight excluding hydrogens is 344 g/mol. The first-order valence-electron chi connectivity index (χ1n) is 8.10. The van der Waals surface area contributed by atoms with Crippen LogP contribution >= 0.6 is 11.3 Å². The average molecular weight is 360 g/mol. The molecule has 3 aromatic carbocycles. The van der Waals surface area contributed by atoms with Crippen LogP contribution < -0.4 is 4.74 Å². The minimum atomic E-state index is 0.0878. The van der Waals surface area contributed by atoms with Crippen molar-refractivity contribution in [3.8, 4) is 22.1 Å². The summed E-state index contributed by atoms with van der Waals surface area (Å²) in [5, 5.41) is 11.1. The molecule has 4 nitrogen and oxygen atoms in total. The number of para-hydroxylation sites is 2. The molecular formula is C21H16N2O2S. The van der Waals surface area contributed by atoms with Crippen LogP contribution in [-0.4, -0.2) is 23.4 Å². The monoisotopic (exact) mass is 360 g/mol. The number of fused-ring (bicyclic) bond motifs is 1. The maximum atomic E-state index is 10.1. The molecule has 0 unspecified atom stereocenters. The summed E-state index contributed by atoms with van der Waals surface area (Å²) >= 11 is 1.68. The fraction of sp³-hybridized carbons (Fsp3) is 0.0476. The Hall–Kier alpha value is -3.18. The second-order valence-corrected chi connectivity index (χ2v) is 6.72. The molecule has 1 heterocycles. The zero-order chi connectivity index (χ0) is 17.9. The maximum Gasteiger partial charge on any atom is 0.166 e. The van der Waals surface area contributed by atoms with Crippen molar-refractivity contribution in [3.05, 3.63) is 72.3 Å². The van der Waals surface area contributed by atoms with E-state index >= 15 is 0 Å². The molecule has 0 aliphatic carbocycles. The lowest BCUT2D eigenvalue weighted by atomic mass is 10.2. The van der Waals surface area contributed by atoms with Gasteiger partial charge in [-0.05, 0) is 48.5 Å². The highest BCUT2D eigenvalue weighted by Crippen LogP contribution is 2.31. The second-order valence-electron chi connectivity index (χ2n) is 5.69. The van der Waals surface area contributed by atoms with Gasteiger partial charge in [-0.3, -0.25) is 4.99 Å². The predicted molar refractivity (Wildman–Crippen MR) is 107 cm³/mol. The number of rotatable bonds is 4. The van der Waals surface area contributed by atoms with E-state index < -0.39 is 0 Å². The number of hydrogen-bond donors (Lipinski definition) is 1. The van der Waals surface area contributed by atoms with Crippen LogP contribution in [0.3, 0.4) is 0 Å². The second kappa shape index (κ2) is 6.98. The number of aromatic hydroxyl groups is 1. The number of phenols is 1. The molecule has 1 aromatic heterocycles. The summed E-state index contributed by atoms with van der Waals surface area (Å²) in [5.41, 5.74) is 3.49. The summed E-state index contributed by atoms with van der Waals surface area (Å²) in [7, 11) is 1.52. The number of aliphatic imine (C=N–C) groups is 1. The standard InChI is InChI=1S/C21H16N2O2S/c1-25-18-7-4-5-15(20(18)24)13-22-16-11-9-14(10-12-16)21-23-17-6-2-3-8-19(17)26-21/h2-13,24H,1H3. The van der Waals surface area contributed by atoms with Crippen molar-refractivity contribution in [2.24, 2.45) is 4.99 Å². The predicted octanol–water partition coefficient (Wildman–Crippen LogP) is 5.43. The number of thiazole rings is 1. The fourth-order valence-electron chi connectivity index (χ4n) is 2.64. The van der Waals surface area contributed by atoms with Crippen LogP contribution in [-0.2, 0) is 0 Å². The molecule has 4 aromatic rings. The molecule has 0 amide bonds. The highest BCUT2D eigenvalue weighted by atomic mass is 32.1. The first-order valence-corrected chi connectivity index (χ1v) is 8.92. The zero-order valence-electron chi connectivity index (χ0n) is 14.1. The summed E-state index contributed by atoms with van der Waals surface area (Å²) in [6, 6.07) is 21.3.